The molecule has 1 aromatic rings. The van der Waals surface area contributed by atoms with Gasteiger partial charge < -0.3 is 5.73 Å². The fraction of sp³-hybridized carbons (Fsp3) is 0.643. The molecule has 1 atom stereocenters. The Morgan fingerprint density at radius 3 is 2.69 bits per heavy atom. The number of aryl methyl sites for hydroxylation is 1. The maximum Gasteiger partial charge on any atom is 0.0370 e. The molecule has 2 nitrogen and oxygen atoms in total. The Bertz CT molecular complexity index is 354. The minimum atomic E-state index is 0.161. The lowest BCUT2D eigenvalue weighted by atomic mass is 9.73. The molecule has 1 aliphatic rings. The van der Waals surface area contributed by atoms with Crippen LogP contribution in [0.25, 0.3) is 0 Å². The summed E-state index contributed by atoms with van der Waals surface area (Å²) in [5.74, 6) is 0. The van der Waals surface area contributed by atoms with Crippen LogP contribution in [0.2, 0.25) is 0 Å². The molecule has 1 saturated carbocycles. The topological polar surface area (TPSA) is 38.9 Å². The predicted molar refractivity (Wildman–Crippen MR) is 67.1 cm³/mol. The molecule has 88 valence electrons. The van der Waals surface area contributed by atoms with Crippen molar-refractivity contribution in [3.05, 3.63) is 29.6 Å². The molecular weight excluding hydrogens is 196 g/mol. The molecule has 0 saturated heterocycles. The lowest BCUT2D eigenvalue weighted by Gasteiger charge is -2.35. The molecule has 1 fully saturated rings. The highest BCUT2D eigenvalue weighted by Gasteiger charge is 2.38. The summed E-state index contributed by atoms with van der Waals surface area (Å²) in [6, 6.07) is 2.22. The van der Waals surface area contributed by atoms with Crippen LogP contribution < -0.4 is 5.73 Å². The molecule has 1 aliphatic carbocycles. The normalized spacial score (nSPS) is 20.9. The lowest BCUT2D eigenvalue weighted by Crippen LogP contribution is -2.32. The molecule has 1 aromatic heterocycles. The summed E-state index contributed by atoms with van der Waals surface area (Å²) in [6.45, 7) is 4.41. The van der Waals surface area contributed by atoms with Crippen molar-refractivity contribution in [2.75, 3.05) is 0 Å². The minimum absolute atomic E-state index is 0.161. The number of nitrogens with zero attached hydrogens (tertiary/aromatic N) is 1. The second-order valence-electron chi connectivity index (χ2n) is 5.13. The van der Waals surface area contributed by atoms with Crippen LogP contribution in [0, 0.1) is 12.3 Å². The van der Waals surface area contributed by atoms with Gasteiger partial charge in [0.15, 0.2) is 0 Å². The van der Waals surface area contributed by atoms with Crippen molar-refractivity contribution in [2.24, 2.45) is 11.1 Å². The molecule has 0 radical (unpaired) electrons. The van der Waals surface area contributed by atoms with Gasteiger partial charge in [0.2, 0.25) is 0 Å². The van der Waals surface area contributed by atoms with Crippen LogP contribution in [0.4, 0.5) is 0 Å². The van der Waals surface area contributed by atoms with Gasteiger partial charge in [0.1, 0.15) is 0 Å². The van der Waals surface area contributed by atoms with Crippen molar-refractivity contribution in [2.45, 2.75) is 52.0 Å². The fourth-order valence-corrected chi connectivity index (χ4v) is 3.10. The third-order valence-corrected chi connectivity index (χ3v) is 4.38. The first-order valence-electron chi connectivity index (χ1n) is 6.36. The fourth-order valence-electron chi connectivity index (χ4n) is 3.10. The van der Waals surface area contributed by atoms with Crippen molar-refractivity contribution >= 4 is 0 Å². The van der Waals surface area contributed by atoms with E-state index >= 15 is 0 Å². The predicted octanol–water partition coefficient (Wildman–Crippen LogP) is 3.36. The summed E-state index contributed by atoms with van der Waals surface area (Å²) in [5, 5.41) is 0. The van der Waals surface area contributed by atoms with Crippen LogP contribution in [0.3, 0.4) is 0 Å². The third-order valence-electron chi connectivity index (χ3n) is 4.38. The largest absolute Gasteiger partial charge is 0.323 e. The van der Waals surface area contributed by atoms with Gasteiger partial charge in [-0.05, 0) is 48.8 Å². The Balaban J connectivity index is 2.30. The van der Waals surface area contributed by atoms with Gasteiger partial charge in [-0.1, -0.05) is 19.8 Å². The van der Waals surface area contributed by atoms with E-state index in [4.69, 9.17) is 5.73 Å². The number of hydrogen-bond donors (Lipinski definition) is 1. The Kier molecular flexibility index (Phi) is 3.29. The summed E-state index contributed by atoms with van der Waals surface area (Å²) < 4.78 is 0. The second kappa shape index (κ2) is 4.54. The maximum atomic E-state index is 6.51. The van der Waals surface area contributed by atoms with E-state index in [0.717, 1.165) is 0 Å². The molecule has 0 spiro atoms. The van der Waals surface area contributed by atoms with E-state index in [0.29, 0.717) is 5.41 Å². The number of hydrogen-bond acceptors (Lipinski definition) is 2. The van der Waals surface area contributed by atoms with E-state index in [1.807, 2.05) is 12.4 Å². The van der Waals surface area contributed by atoms with Crippen molar-refractivity contribution in [3.8, 4) is 0 Å². The number of rotatable bonds is 3. The van der Waals surface area contributed by atoms with E-state index in [9.17, 15) is 0 Å². The Labute approximate surface area is 98.3 Å². The molecule has 16 heavy (non-hydrogen) atoms. The van der Waals surface area contributed by atoms with Crippen molar-refractivity contribution in [1.82, 2.24) is 4.98 Å². The summed E-state index contributed by atoms with van der Waals surface area (Å²) in [5.41, 5.74) is 9.36. The van der Waals surface area contributed by atoms with Gasteiger partial charge >= 0.3 is 0 Å². The number of aromatic nitrogens is 1. The molecule has 1 unspecified atom stereocenters. The lowest BCUT2D eigenvalue weighted by molar-refractivity contribution is 0.221. The Morgan fingerprint density at radius 2 is 2.12 bits per heavy atom. The zero-order valence-corrected chi connectivity index (χ0v) is 10.4. The van der Waals surface area contributed by atoms with Gasteiger partial charge in [-0.25, -0.2) is 0 Å². The number of pyridine rings is 1. The molecule has 0 aliphatic heterocycles. The van der Waals surface area contributed by atoms with Crippen molar-refractivity contribution in [3.63, 3.8) is 0 Å². The van der Waals surface area contributed by atoms with Crippen molar-refractivity contribution in [1.29, 1.82) is 0 Å². The minimum Gasteiger partial charge on any atom is -0.323 e. The van der Waals surface area contributed by atoms with Gasteiger partial charge in [0.05, 0.1) is 0 Å². The number of nitrogens with two attached hydrogens (primary N) is 1. The standard InChI is InChI=1S/C14H22N2/c1-3-14(7-4-5-8-14)13(15)12-10-16-9-6-11(12)2/h6,9-10,13H,3-5,7-8,15H2,1-2H3. The van der Waals surface area contributed by atoms with E-state index in [1.165, 1.54) is 43.2 Å². The molecule has 2 rings (SSSR count). The van der Waals surface area contributed by atoms with Crippen LogP contribution in [-0.4, -0.2) is 4.98 Å². The molecular formula is C14H22N2. The van der Waals surface area contributed by atoms with E-state index in [1.54, 1.807) is 0 Å². The average Bonchev–Trinajstić information content (AvgIpc) is 2.78. The highest BCUT2D eigenvalue weighted by molar-refractivity contribution is 5.27. The molecule has 2 heteroatoms. The van der Waals surface area contributed by atoms with Crippen LogP contribution in [0.5, 0.6) is 0 Å². The molecule has 0 aromatic carbocycles. The van der Waals surface area contributed by atoms with Crippen LogP contribution in [0.1, 0.15) is 56.2 Å². The average molecular weight is 218 g/mol. The quantitative estimate of drug-likeness (QED) is 0.845. The molecule has 0 bridgehead atoms. The van der Waals surface area contributed by atoms with Crippen molar-refractivity contribution < 1.29 is 0 Å². The summed E-state index contributed by atoms with van der Waals surface area (Å²) in [6.07, 6.45) is 10.2. The van der Waals surface area contributed by atoms with Crippen LogP contribution in [0.15, 0.2) is 18.5 Å². The first kappa shape index (κ1) is 11.6. The van der Waals surface area contributed by atoms with Gasteiger partial charge in [0, 0.05) is 18.4 Å². The van der Waals surface area contributed by atoms with Crippen LogP contribution >= 0.6 is 0 Å². The first-order valence-corrected chi connectivity index (χ1v) is 6.36. The zero-order valence-electron chi connectivity index (χ0n) is 10.4. The van der Waals surface area contributed by atoms with E-state index in [2.05, 4.69) is 24.9 Å². The van der Waals surface area contributed by atoms with Gasteiger partial charge in [-0.15, -0.1) is 0 Å². The zero-order chi connectivity index (χ0) is 11.6. The SMILES string of the molecule is CCC1(C(N)c2cnccc2C)CCCC1. The molecule has 0 amide bonds. The maximum absolute atomic E-state index is 6.51. The summed E-state index contributed by atoms with van der Waals surface area (Å²) >= 11 is 0. The highest BCUT2D eigenvalue weighted by atomic mass is 14.7. The smallest absolute Gasteiger partial charge is 0.0370 e. The van der Waals surface area contributed by atoms with Gasteiger partial charge in [-0.3, -0.25) is 4.98 Å². The van der Waals surface area contributed by atoms with Gasteiger partial charge in [0.25, 0.3) is 0 Å². The first-order chi connectivity index (χ1) is 7.69. The molecule has 1 heterocycles. The second-order valence-corrected chi connectivity index (χ2v) is 5.13. The highest BCUT2D eigenvalue weighted by Crippen LogP contribution is 2.49. The molecule has 2 N–H and O–H groups in total. The van der Waals surface area contributed by atoms with E-state index in [-0.39, 0.29) is 6.04 Å². The van der Waals surface area contributed by atoms with E-state index < -0.39 is 0 Å². The summed E-state index contributed by atoms with van der Waals surface area (Å²) in [4.78, 5) is 4.22. The summed E-state index contributed by atoms with van der Waals surface area (Å²) in [7, 11) is 0. The monoisotopic (exact) mass is 218 g/mol. The van der Waals surface area contributed by atoms with Crippen LogP contribution in [-0.2, 0) is 0 Å². The Hall–Kier alpha value is -0.890. The van der Waals surface area contributed by atoms with Gasteiger partial charge in [-0.2, -0.15) is 0 Å². The Morgan fingerprint density at radius 1 is 1.44 bits per heavy atom. The third kappa shape index (κ3) is 1.86.